The molecule has 25 heavy (non-hydrogen) atoms. The number of ether oxygens (including phenoxy) is 2. The summed E-state index contributed by atoms with van der Waals surface area (Å²) < 4.78 is 34.7. The van der Waals surface area contributed by atoms with Crippen LogP contribution in [0.15, 0.2) is 18.2 Å². The second-order valence-electron chi connectivity index (χ2n) is 4.86. The maximum absolute atomic E-state index is 12.7. The first kappa shape index (κ1) is 21.2. The Kier molecular flexibility index (Phi) is 7.67. The maximum atomic E-state index is 12.7. The van der Waals surface area contributed by atoms with E-state index in [0.29, 0.717) is 5.69 Å². The zero-order chi connectivity index (χ0) is 19.2. The molecule has 0 aliphatic heterocycles. The Hall–Kier alpha value is -1.82. The van der Waals surface area contributed by atoms with Gasteiger partial charge in [0.2, 0.25) is 5.91 Å². The number of aliphatic carboxylic acids is 1. The van der Waals surface area contributed by atoms with Gasteiger partial charge in [-0.15, -0.1) is 0 Å². The van der Waals surface area contributed by atoms with Gasteiger partial charge in [-0.3, -0.25) is 4.79 Å². The Balaban J connectivity index is 2.71. The van der Waals surface area contributed by atoms with Gasteiger partial charge < -0.3 is 24.3 Å². The number of carbonyl (C=O) groups excluding carboxylic acids is 3. The molecule has 0 unspecified atom stereocenters. The summed E-state index contributed by atoms with van der Waals surface area (Å²) in [6, 6.07) is 4.80. The molecule has 1 amide bonds. The highest BCUT2D eigenvalue weighted by molar-refractivity contribution is 14.1. The third-order valence-electron chi connectivity index (χ3n) is 3.16. The summed E-state index contributed by atoms with van der Waals surface area (Å²) in [4.78, 5) is 35.3. The smallest absolute Gasteiger partial charge is 0.397 e. The zero-order valence-corrected chi connectivity index (χ0v) is 15.5. The monoisotopic (exact) mass is 470 g/mol. The number of hydrogen-bond donors (Lipinski definition) is 0. The minimum absolute atomic E-state index is 0.135. The van der Waals surface area contributed by atoms with E-state index in [2.05, 4.69) is 9.47 Å². The molecule has 1 aromatic rings. The number of methoxy groups -OCH3 is 1. The molecule has 0 saturated carbocycles. The van der Waals surface area contributed by atoms with Gasteiger partial charge in [0.15, 0.2) is 0 Å². The van der Waals surface area contributed by atoms with Crippen molar-refractivity contribution in [2.75, 3.05) is 25.7 Å². The summed E-state index contributed by atoms with van der Waals surface area (Å²) in [5.41, 5.74) is 0.489. The highest BCUT2D eigenvalue weighted by Crippen LogP contribution is 2.24. The van der Waals surface area contributed by atoms with Crippen molar-refractivity contribution in [1.82, 2.24) is 0 Å². The number of anilines is 1. The SMILES string of the molecule is COC(=O)c1cc(I)ccc1N(C)C(=O)CCCOC(F)(F)C(=O)[O-]. The van der Waals surface area contributed by atoms with Crippen molar-refractivity contribution in [3.63, 3.8) is 0 Å². The van der Waals surface area contributed by atoms with Gasteiger partial charge in [-0.25, -0.2) is 4.79 Å². The van der Waals surface area contributed by atoms with Gasteiger partial charge in [-0.2, -0.15) is 8.78 Å². The lowest BCUT2D eigenvalue weighted by molar-refractivity contribution is -0.362. The highest BCUT2D eigenvalue weighted by Gasteiger charge is 2.32. The summed E-state index contributed by atoms with van der Waals surface area (Å²) >= 11 is 2.00. The summed E-state index contributed by atoms with van der Waals surface area (Å²) in [5, 5.41) is 10.1. The van der Waals surface area contributed by atoms with Crippen molar-refractivity contribution < 1.29 is 37.7 Å². The third-order valence-corrected chi connectivity index (χ3v) is 3.83. The number of esters is 1. The van der Waals surface area contributed by atoms with Crippen LogP contribution >= 0.6 is 22.6 Å². The Labute approximate surface area is 156 Å². The second-order valence-corrected chi connectivity index (χ2v) is 6.11. The number of alkyl halides is 2. The number of carboxylic acids is 1. The van der Waals surface area contributed by atoms with Gasteiger partial charge >= 0.3 is 12.1 Å². The van der Waals surface area contributed by atoms with Crippen LogP contribution in [0.4, 0.5) is 14.5 Å². The van der Waals surface area contributed by atoms with E-state index in [1.165, 1.54) is 19.1 Å². The molecule has 7 nitrogen and oxygen atoms in total. The molecular weight excluding hydrogens is 455 g/mol. The molecule has 0 saturated heterocycles. The van der Waals surface area contributed by atoms with Crippen molar-refractivity contribution >= 4 is 46.1 Å². The lowest BCUT2D eigenvalue weighted by atomic mass is 10.1. The molecule has 0 atom stereocenters. The van der Waals surface area contributed by atoms with Crippen LogP contribution in [0.25, 0.3) is 0 Å². The molecule has 138 valence electrons. The van der Waals surface area contributed by atoms with Crippen molar-refractivity contribution in [1.29, 1.82) is 0 Å². The van der Waals surface area contributed by atoms with Gasteiger partial charge in [0, 0.05) is 17.0 Å². The first-order valence-electron chi connectivity index (χ1n) is 6.97. The predicted molar refractivity (Wildman–Crippen MR) is 89.0 cm³/mol. The number of carboxylic acid groups (broad SMARTS) is 1. The number of amides is 1. The van der Waals surface area contributed by atoms with Crippen LogP contribution in [0.2, 0.25) is 0 Å². The average Bonchev–Trinajstić information content (AvgIpc) is 2.56. The van der Waals surface area contributed by atoms with Crippen LogP contribution in [0.5, 0.6) is 0 Å². The number of rotatable bonds is 8. The number of benzene rings is 1. The molecule has 0 bridgehead atoms. The van der Waals surface area contributed by atoms with E-state index in [-0.39, 0.29) is 18.4 Å². The molecule has 0 radical (unpaired) electrons. The van der Waals surface area contributed by atoms with Crippen LogP contribution in [-0.4, -0.2) is 44.7 Å². The zero-order valence-electron chi connectivity index (χ0n) is 13.4. The fourth-order valence-corrected chi connectivity index (χ4v) is 2.35. The summed E-state index contributed by atoms with van der Waals surface area (Å²) in [6.45, 7) is -0.642. The molecule has 1 aromatic carbocycles. The topological polar surface area (TPSA) is 96.0 Å². The Morgan fingerprint density at radius 1 is 1.32 bits per heavy atom. The Morgan fingerprint density at radius 3 is 2.52 bits per heavy atom. The van der Waals surface area contributed by atoms with Crippen molar-refractivity contribution in [3.8, 4) is 0 Å². The molecule has 0 aromatic heterocycles. The standard InChI is InChI=1S/C15H16F2INO6/c1-19(11-6-5-9(18)8-10(11)13(21)24-2)12(20)4-3-7-25-15(16,17)14(22)23/h5-6,8H,3-4,7H2,1-2H3,(H,22,23)/p-1. The summed E-state index contributed by atoms with van der Waals surface area (Å²) in [6.07, 6.45) is -4.72. The quantitative estimate of drug-likeness (QED) is 0.322. The van der Waals surface area contributed by atoms with Gasteiger partial charge in [0.1, 0.15) is 5.97 Å². The number of halogens is 3. The fourth-order valence-electron chi connectivity index (χ4n) is 1.86. The molecule has 0 spiro atoms. The van der Waals surface area contributed by atoms with Crippen LogP contribution in [0.3, 0.4) is 0 Å². The number of hydrogen-bond acceptors (Lipinski definition) is 6. The number of carbonyl (C=O) groups is 3. The van der Waals surface area contributed by atoms with E-state index in [1.54, 1.807) is 18.2 Å². The molecule has 0 fully saturated rings. The van der Waals surface area contributed by atoms with Crippen LogP contribution < -0.4 is 10.0 Å². The van der Waals surface area contributed by atoms with Gasteiger partial charge in [0.25, 0.3) is 0 Å². The fraction of sp³-hybridized carbons (Fsp3) is 0.400. The third kappa shape index (κ3) is 5.88. The minimum Gasteiger partial charge on any atom is -0.542 e. The normalized spacial score (nSPS) is 11.1. The maximum Gasteiger partial charge on any atom is 0.397 e. The van der Waals surface area contributed by atoms with E-state index in [4.69, 9.17) is 0 Å². The van der Waals surface area contributed by atoms with Crippen molar-refractivity contribution in [2.45, 2.75) is 19.0 Å². The lowest BCUT2D eigenvalue weighted by Gasteiger charge is -2.21. The summed E-state index contributed by atoms with van der Waals surface area (Å²) in [5.74, 6) is -3.73. The average molecular weight is 470 g/mol. The summed E-state index contributed by atoms with van der Waals surface area (Å²) in [7, 11) is 2.64. The first-order valence-corrected chi connectivity index (χ1v) is 8.05. The van der Waals surface area contributed by atoms with Crippen LogP contribution in [0.1, 0.15) is 23.2 Å². The van der Waals surface area contributed by atoms with E-state index in [1.807, 2.05) is 22.6 Å². The Bertz CT molecular complexity index is 667. The van der Waals surface area contributed by atoms with Crippen molar-refractivity contribution in [3.05, 3.63) is 27.3 Å². The molecule has 10 heteroatoms. The van der Waals surface area contributed by atoms with Crippen LogP contribution in [0, 0.1) is 3.57 Å². The van der Waals surface area contributed by atoms with E-state index in [0.717, 1.165) is 3.57 Å². The van der Waals surface area contributed by atoms with Crippen molar-refractivity contribution in [2.24, 2.45) is 0 Å². The second kappa shape index (κ2) is 9.04. The molecular formula is C15H15F2INO6-. The van der Waals surface area contributed by atoms with Gasteiger partial charge in [-0.1, -0.05) is 0 Å². The molecule has 1 rings (SSSR count). The van der Waals surface area contributed by atoms with Gasteiger partial charge in [0.05, 0.1) is 25.0 Å². The van der Waals surface area contributed by atoms with E-state index < -0.39 is 30.6 Å². The lowest BCUT2D eigenvalue weighted by Crippen LogP contribution is -2.43. The molecule has 0 heterocycles. The molecule has 0 aliphatic carbocycles. The molecule has 0 aliphatic rings. The predicted octanol–water partition coefficient (Wildman–Crippen LogP) is 1.18. The van der Waals surface area contributed by atoms with Gasteiger partial charge in [-0.05, 0) is 47.2 Å². The van der Waals surface area contributed by atoms with E-state index >= 15 is 0 Å². The van der Waals surface area contributed by atoms with E-state index in [9.17, 15) is 28.3 Å². The minimum atomic E-state index is -4.40. The number of nitrogens with zero attached hydrogens (tertiary/aromatic N) is 1. The van der Waals surface area contributed by atoms with Crippen LogP contribution in [-0.2, 0) is 19.1 Å². The first-order chi connectivity index (χ1) is 11.6. The highest BCUT2D eigenvalue weighted by atomic mass is 127. The Morgan fingerprint density at radius 2 is 1.96 bits per heavy atom. The molecule has 0 N–H and O–H groups in total. The largest absolute Gasteiger partial charge is 0.542 e.